The maximum Gasteiger partial charge on any atom is 0.306 e. The van der Waals surface area contributed by atoms with Crippen LogP contribution in [0.5, 0.6) is 0 Å². The van der Waals surface area contributed by atoms with E-state index in [4.69, 9.17) is 14.2 Å². The van der Waals surface area contributed by atoms with Crippen LogP contribution in [-0.2, 0) is 28.6 Å². The van der Waals surface area contributed by atoms with Gasteiger partial charge in [0.1, 0.15) is 13.2 Å². The first-order chi connectivity index (χ1) is 38.0. The quantitative estimate of drug-likeness (QED) is 0.0261. The predicted octanol–water partition coefficient (Wildman–Crippen LogP) is 22.4. The highest BCUT2D eigenvalue weighted by atomic mass is 16.6. The van der Waals surface area contributed by atoms with Crippen molar-refractivity contribution in [3.05, 3.63) is 97.2 Å². The van der Waals surface area contributed by atoms with Crippen molar-refractivity contribution in [2.75, 3.05) is 13.2 Å². The van der Waals surface area contributed by atoms with Crippen LogP contribution in [0.15, 0.2) is 97.2 Å². The topological polar surface area (TPSA) is 78.9 Å². The lowest BCUT2D eigenvalue weighted by molar-refractivity contribution is -0.167. The van der Waals surface area contributed by atoms with E-state index in [0.29, 0.717) is 19.3 Å². The number of hydrogen-bond donors (Lipinski definition) is 0. The molecular weight excluding hydrogens is 949 g/mol. The lowest BCUT2D eigenvalue weighted by Gasteiger charge is -2.18. The van der Waals surface area contributed by atoms with Gasteiger partial charge >= 0.3 is 17.9 Å². The molecule has 0 N–H and O–H groups in total. The SMILES string of the molecule is CC/C=C\C/C=C\C/C=C\C/C=C\C/C=C\C/C=C\CCCCCCC(=O)OC(COC(=O)CCCCCCC/C=C\CCCC)COC(=O)CCCCCCCCCCCCCCC/C=C\CCCCCCCCCC. The van der Waals surface area contributed by atoms with Crippen LogP contribution in [0, 0.1) is 0 Å². The molecule has 0 radical (unpaired) electrons. The van der Waals surface area contributed by atoms with E-state index in [1.807, 2.05) is 0 Å². The molecule has 0 fully saturated rings. The Labute approximate surface area is 477 Å². The van der Waals surface area contributed by atoms with Gasteiger partial charge in [-0.3, -0.25) is 14.4 Å². The molecule has 77 heavy (non-hydrogen) atoms. The van der Waals surface area contributed by atoms with Gasteiger partial charge in [0.2, 0.25) is 0 Å². The maximum absolute atomic E-state index is 12.9. The first-order valence-electron chi connectivity index (χ1n) is 32.7. The van der Waals surface area contributed by atoms with E-state index >= 15 is 0 Å². The lowest BCUT2D eigenvalue weighted by Crippen LogP contribution is -2.30. The first-order valence-corrected chi connectivity index (χ1v) is 32.7. The van der Waals surface area contributed by atoms with Crippen molar-refractivity contribution >= 4 is 17.9 Å². The molecule has 0 aromatic heterocycles. The van der Waals surface area contributed by atoms with Gasteiger partial charge in [-0.15, -0.1) is 0 Å². The second kappa shape index (κ2) is 64.9. The number of carbonyl (C=O) groups is 3. The third kappa shape index (κ3) is 63.0. The predicted molar refractivity (Wildman–Crippen MR) is 334 cm³/mol. The third-order valence-corrected chi connectivity index (χ3v) is 14.0. The average molecular weight is 1070 g/mol. The highest BCUT2D eigenvalue weighted by Gasteiger charge is 2.19. The summed E-state index contributed by atoms with van der Waals surface area (Å²) in [4.78, 5) is 38.3. The Kier molecular flexibility index (Phi) is 61.8. The van der Waals surface area contributed by atoms with Crippen LogP contribution in [0.2, 0.25) is 0 Å². The fourth-order valence-electron chi connectivity index (χ4n) is 9.13. The molecule has 0 saturated heterocycles. The molecular formula is C71H122O6. The molecule has 0 aromatic rings. The number of unbranched alkanes of at least 4 members (excludes halogenated alkanes) is 32. The zero-order valence-electron chi connectivity index (χ0n) is 50.7. The van der Waals surface area contributed by atoms with Gasteiger partial charge in [0.05, 0.1) is 0 Å². The van der Waals surface area contributed by atoms with E-state index in [2.05, 4.69) is 118 Å². The molecule has 6 nitrogen and oxygen atoms in total. The summed E-state index contributed by atoms with van der Waals surface area (Å²) in [6.07, 6.45) is 87.1. The van der Waals surface area contributed by atoms with Crippen LogP contribution < -0.4 is 0 Å². The van der Waals surface area contributed by atoms with Crippen molar-refractivity contribution in [3.8, 4) is 0 Å². The molecule has 0 aliphatic heterocycles. The van der Waals surface area contributed by atoms with Crippen LogP contribution in [0.1, 0.15) is 316 Å². The van der Waals surface area contributed by atoms with Gasteiger partial charge in [-0.25, -0.2) is 0 Å². The van der Waals surface area contributed by atoms with Crippen LogP contribution in [0.4, 0.5) is 0 Å². The van der Waals surface area contributed by atoms with E-state index in [1.165, 1.54) is 161 Å². The van der Waals surface area contributed by atoms with E-state index in [1.54, 1.807) is 0 Å². The van der Waals surface area contributed by atoms with Gasteiger partial charge in [-0.05, 0) is 116 Å². The summed E-state index contributed by atoms with van der Waals surface area (Å²) in [6, 6.07) is 0. The minimum absolute atomic E-state index is 0.0898. The van der Waals surface area contributed by atoms with Crippen molar-refractivity contribution in [2.24, 2.45) is 0 Å². The fraction of sp³-hybridized carbons (Fsp3) is 0.732. The van der Waals surface area contributed by atoms with Crippen molar-refractivity contribution in [1.82, 2.24) is 0 Å². The Hall–Kier alpha value is -3.67. The molecule has 1 atom stereocenters. The van der Waals surface area contributed by atoms with Crippen LogP contribution in [0.25, 0.3) is 0 Å². The van der Waals surface area contributed by atoms with Gasteiger partial charge in [0.15, 0.2) is 6.10 Å². The third-order valence-electron chi connectivity index (χ3n) is 14.0. The monoisotopic (exact) mass is 1070 g/mol. The number of allylic oxidation sites excluding steroid dienone is 16. The standard InChI is InChI=1S/C71H122O6/c1-4-7-10-13-16-19-22-24-26-28-30-32-34-35-37-38-40-42-44-46-49-52-55-58-61-64-70(73)76-67-68(66-75-69(72)63-60-57-54-51-48-21-18-15-12-9-6-3)77-71(74)65-62-59-56-53-50-47-45-43-41-39-36-33-31-29-27-25-23-20-17-14-11-8-5-2/h8,11,15,17-18,20,25,27-28,30-31,33,39,41,45,47,68H,4-7,9-10,12-14,16,19,21-24,26,29,32,34-38,40,42-44,46,48-67H2,1-3H3/b11-8-,18-15-,20-17-,27-25-,30-28-,33-31-,41-39-,47-45-. The Bertz CT molecular complexity index is 1510. The maximum atomic E-state index is 12.9. The summed E-state index contributed by atoms with van der Waals surface area (Å²) >= 11 is 0. The van der Waals surface area contributed by atoms with Crippen LogP contribution in [-0.4, -0.2) is 37.2 Å². The molecule has 0 spiro atoms. The molecule has 1 unspecified atom stereocenters. The Balaban J connectivity index is 4.31. The number of ether oxygens (including phenoxy) is 3. The Morgan fingerprint density at radius 3 is 0.844 bits per heavy atom. The van der Waals surface area contributed by atoms with Gasteiger partial charge in [0.25, 0.3) is 0 Å². The number of esters is 3. The van der Waals surface area contributed by atoms with Crippen LogP contribution in [0.3, 0.4) is 0 Å². The second-order valence-electron chi connectivity index (χ2n) is 21.6. The average Bonchev–Trinajstić information content (AvgIpc) is 3.43. The van der Waals surface area contributed by atoms with Gasteiger partial charge < -0.3 is 14.2 Å². The summed E-state index contributed by atoms with van der Waals surface area (Å²) in [5.74, 6) is -0.916. The number of carbonyl (C=O) groups excluding carboxylic acids is 3. The molecule has 6 heteroatoms. The molecule has 0 amide bonds. The highest BCUT2D eigenvalue weighted by molar-refractivity contribution is 5.71. The molecule has 442 valence electrons. The minimum atomic E-state index is -0.796. The molecule has 0 aliphatic carbocycles. The first kappa shape index (κ1) is 73.3. The highest BCUT2D eigenvalue weighted by Crippen LogP contribution is 2.16. The summed E-state index contributed by atoms with van der Waals surface area (Å²) < 4.78 is 16.9. The second-order valence-corrected chi connectivity index (χ2v) is 21.6. The normalized spacial score (nSPS) is 12.7. The zero-order chi connectivity index (χ0) is 55.7. The molecule has 0 saturated carbocycles. The summed E-state index contributed by atoms with van der Waals surface area (Å²) in [5.41, 5.74) is 0. The van der Waals surface area contributed by atoms with Gasteiger partial charge in [-0.2, -0.15) is 0 Å². The van der Waals surface area contributed by atoms with Crippen molar-refractivity contribution in [3.63, 3.8) is 0 Å². The molecule has 0 bridgehead atoms. The van der Waals surface area contributed by atoms with Gasteiger partial charge in [0, 0.05) is 19.3 Å². The van der Waals surface area contributed by atoms with E-state index in [0.717, 1.165) is 116 Å². The van der Waals surface area contributed by atoms with E-state index < -0.39 is 6.10 Å². The molecule has 0 aromatic carbocycles. The minimum Gasteiger partial charge on any atom is -0.462 e. The Morgan fingerprint density at radius 1 is 0.273 bits per heavy atom. The summed E-state index contributed by atoms with van der Waals surface area (Å²) in [6.45, 7) is 6.49. The number of hydrogen-bond acceptors (Lipinski definition) is 6. The zero-order valence-corrected chi connectivity index (χ0v) is 50.7. The van der Waals surface area contributed by atoms with E-state index in [9.17, 15) is 14.4 Å². The fourth-order valence-corrected chi connectivity index (χ4v) is 9.13. The smallest absolute Gasteiger partial charge is 0.306 e. The Morgan fingerprint density at radius 2 is 0.519 bits per heavy atom. The van der Waals surface area contributed by atoms with Crippen molar-refractivity contribution in [1.29, 1.82) is 0 Å². The van der Waals surface area contributed by atoms with E-state index in [-0.39, 0.29) is 31.1 Å². The number of rotatable bonds is 59. The van der Waals surface area contributed by atoms with Crippen molar-refractivity contribution in [2.45, 2.75) is 322 Å². The molecule has 0 heterocycles. The lowest BCUT2D eigenvalue weighted by atomic mass is 10.0. The summed E-state index contributed by atoms with van der Waals surface area (Å²) in [7, 11) is 0. The molecule has 0 rings (SSSR count). The largest absolute Gasteiger partial charge is 0.462 e. The van der Waals surface area contributed by atoms with Crippen molar-refractivity contribution < 1.29 is 28.6 Å². The molecule has 0 aliphatic rings. The van der Waals surface area contributed by atoms with Crippen LogP contribution >= 0.6 is 0 Å². The van der Waals surface area contributed by atoms with Gasteiger partial charge in [-0.1, -0.05) is 279 Å². The summed E-state index contributed by atoms with van der Waals surface area (Å²) in [5, 5.41) is 0.